The van der Waals surface area contributed by atoms with Crippen molar-refractivity contribution in [3.63, 3.8) is 0 Å². The molecule has 2 N–H and O–H groups in total. The number of benzene rings is 1. The summed E-state index contributed by atoms with van der Waals surface area (Å²) < 4.78 is 5.29. The molecule has 0 fully saturated rings. The molecule has 160 valence electrons. The van der Waals surface area contributed by atoms with Gasteiger partial charge < -0.3 is 15.4 Å². The molecule has 7 heteroatoms. The van der Waals surface area contributed by atoms with Gasteiger partial charge in [-0.25, -0.2) is 4.79 Å². The molecule has 1 aromatic heterocycles. The van der Waals surface area contributed by atoms with Crippen molar-refractivity contribution in [2.45, 2.75) is 58.8 Å². The Bertz CT molecular complexity index is 933. The summed E-state index contributed by atoms with van der Waals surface area (Å²) in [6.45, 7) is 5.33. The largest absolute Gasteiger partial charge is 0.452 e. The van der Waals surface area contributed by atoms with E-state index < -0.39 is 11.9 Å². The van der Waals surface area contributed by atoms with Crippen LogP contribution in [0.3, 0.4) is 0 Å². The summed E-state index contributed by atoms with van der Waals surface area (Å²) in [6, 6.07) is 7.69. The second-order valence-electron chi connectivity index (χ2n) is 7.65. The van der Waals surface area contributed by atoms with Gasteiger partial charge >= 0.3 is 5.97 Å². The molecule has 3 rings (SSSR count). The summed E-state index contributed by atoms with van der Waals surface area (Å²) >= 11 is 1.43. The fourth-order valence-electron chi connectivity index (χ4n) is 3.56. The third-order valence-electron chi connectivity index (χ3n) is 5.38. The van der Waals surface area contributed by atoms with E-state index in [1.165, 1.54) is 23.8 Å². The van der Waals surface area contributed by atoms with Crippen molar-refractivity contribution in [3.05, 3.63) is 45.8 Å². The molecule has 0 bridgehead atoms. The van der Waals surface area contributed by atoms with E-state index in [1.54, 1.807) is 0 Å². The van der Waals surface area contributed by atoms with Gasteiger partial charge in [0.25, 0.3) is 5.91 Å². The topological polar surface area (TPSA) is 84.5 Å². The number of ether oxygens (including phenoxy) is 1. The zero-order valence-corrected chi connectivity index (χ0v) is 18.5. The summed E-state index contributed by atoms with van der Waals surface area (Å²) in [5.74, 6) is -0.739. The lowest BCUT2D eigenvalue weighted by Gasteiger charge is -2.13. The Morgan fingerprint density at radius 1 is 1.10 bits per heavy atom. The van der Waals surface area contributed by atoms with E-state index in [0.29, 0.717) is 22.2 Å². The maximum atomic E-state index is 12.7. The average molecular weight is 429 g/mol. The Morgan fingerprint density at radius 3 is 2.47 bits per heavy atom. The summed E-state index contributed by atoms with van der Waals surface area (Å²) in [5.41, 5.74) is 3.22. The summed E-state index contributed by atoms with van der Waals surface area (Å²) in [7, 11) is 0. The van der Waals surface area contributed by atoms with E-state index in [1.807, 2.05) is 24.3 Å². The number of esters is 1. The number of carbonyl (C=O) groups excluding carboxylic acids is 3. The third kappa shape index (κ3) is 5.27. The molecule has 2 aromatic rings. The van der Waals surface area contributed by atoms with Crippen LogP contribution >= 0.6 is 11.3 Å². The Morgan fingerprint density at radius 2 is 1.80 bits per heavy atom. The number of rotatable bonds is 7. The molecule has 1 aliphatic rings. The molecular weight excluding hydrogens is 400 g/mol. The minimum Gasteiger partial charge on any atom is -0.452 e. The smallest absolute Gasteiger partial charge is 0.341 e. The van der Waals surface area contributed by atoms with Gasteiger partial charge in [0.1, 0.15) is 5.00 Å². The number of carbonyl (C=O) groups is 3. The summed E-state index contributed by atoms with van der Waals surface area (Å²) in [4.78, 5) is 37.6. The van der Waals surface area contributed by atoms with Gasteiger partial charge in [-0.15, -0.1) is 11.3 Å². The van der Waals surface area contributed by atoms with Crippen molar-refractivity contribution in [2.75, 3.05) is 17.2 Å². The number of fused-ring (bicyclic) bond motifs is 1. The van der Waals surface area contributed by atoms with E-state index in [4.69, 9.17) is 4.74 Å². The third-order valence-corrected chi connectivity index (χ3v) is 6.58. The van der Waals surface area contributed by atoms with Crippen molar-refractivity contribution < 1.29 is 19.1 Å². The van der Waals surface area contributed by atoms with Gasteiger partial charge in [-0.1, -0.05) is 26.0 Å². The van der Waals surface area contributed by atoms with E-state index in [2.05, 4.69) is 24.5 Å². The first kappa shape index (κ1) is 22.0. The van der Waals surface area contributed by atoms with Crippen molar-refractivity contribution >= 4 is 39.8 Å². The van der Waals surface area contributed by atoms with Crippen molar-refractivity contribution in [1.29, 1.82) is 0 Å². The molecule has 0 saturated heterocycles. The van der Waals surface area contributed by atoms with Crippen LogP contribution in [0, 0.1) is 0 Å². The van der Waals surface area contributed by atoms with Crippen LogP contribution in [0.2, 0.25) is 0 Å². The number of hydrogen-bond acceptors (Lipinski definition) is 5. The fraction of sp³-hybridized carbons (Fsp3) is 0.435. The highest BCUT2D eigenvalue weighted by molar-refractivity contribution is 7.17. The number of nitrogens with one attached hydrogen (secondary N) is 2. The Kier molecular flexibility index (Phi) is 7.26. The van der Waals surface area contributed by atoms with E-state index in [-0.39, 0.29) is 12.5 Å². The zero-order chi connectivity index (χ0) is 21.7. The molecule has 1 aliphatic carbocycles. The van der Waals surface area contributed by atoms with E-state index in [9.17, 15) is 14.4 Å². The quantitative estimate of drug-likeness (QED) is 0.615. The molecule has 2 amide bonds. The highest BCUT2D eigenvalue weighted by Gasteiger charge is 2.27. The van der Waals surface area contributed by atoms with Crippen LogP contribution in [0.5, 0.6) is 0 Å². The second kappa shape index (κ2) is 9.89. The summed E-state index contributed by atoms with van der Waals surface area (Å²) in [5, 5.41) is 6.00. The molecule has 1 heterocycles. The number of amides is 2. The summed E-state index contributed by atoms with van der Waals surface area (Å²) in [6.07, 6.45) is 4.79. The minimum absolute atomic E-state index is 0.235. The van der Waals surface area contributed by atoms with Crippen molar-refractivity contribution in [1.82, 2.24) is 0 Å². The lowest BCUT2D eigenvalue weighted by atomic mass is 9.95. The first-order chi connectivity index (χ1) is 14.4. The van der Waals surface area contributed by atoms with Crippen LogP contribution in [0.15, 0.2) is 24.3 Å². The maximum Gasteiger partial charge on any atom is 0.341 e. The standard InChI is InChI=1S/C23H28N2O4S/c1-4-14(2)16-9-11-17(12-10-16)25-20(27)13-29-23(28)21-18-7-5-6-8-19(18)30-22(21)24-15(3)26/h9-12,14H,4-8,13H2,1-3H3,(H,24,26)(H,25,27)/t14-/m1/s1. The highest BCUT2D eigenvalue weighted by atomic mass is 32.1. The average Bonchev–Trinajstić information content (AvgIpc) is 3.09. The van der Waals surface area contributed by atoms with E-state index >= 15 is 0 Å². The maximum absolute atomic E-state index is 12.7. The van der Waals surface area contributed by atoms with Gasteiger partial charge in [0.05, 0.1) is 5.56 Å². The minimum atomic E-state index is -0.569. The molecule has 0 unspecified atom stereocenters. The number of aryl methyl sites for hydroxylation is 1. The van der Waals surface area contributed by atoms with Gasteiger partial charge in [-0.05, 0) is 61.3 Å². The van der Waals surface area contributed by atoms with Gasteiger partial charge in [0.15, 0.2) is 6.61 Å². The molecule has 0 aliphatic heterocycles. The van der Waals surface area contributed by atoms with Gasteiger partial charge in [-0.3, -0.25) is 9.59 Å². The normalized spacial score (nSPS) is 13.8. The van der Waals surface area contributed by atoms with Crippen LogP contribution in [-0.2, 0) is 27.2 Å². The van der Waals surface area contributed by atoms with Crippen LogP contribution in [0.1, 0.15) is 72.3 Å². The molecule has 1 aromatic carbocycles. The predicted octanol–water partition coefficient (Wildman–Crippen LogP) is 4.89. The first-order valence-corrected chi connectivity index (χ1v) is 11.2. The first-order valence-electron chi connectivity index (χ1n) is 10.4. The van der Waals surface area contributed by atoms with Crippen LogP contribution in [0.4, 0.5) is 10.7 Å². The Balaban J connectivity index is 1.63. The zero-order valence-electron chi connectivity index (χ0n) is 17.7. The SMILES string of the molecule is CC[C@@H](C)c1ccc(NC(=O)COC(=O)c2c(NC(C)=O)sc3c2CCCC3)cc1. The molecule has 30 heavy (non-hydrogen) atoms. The molecule has 1 atom stereocenters. The molecular formula is C23H28N2O4S. The van der Waals surface area contributed by atoms with Gasteiger partial charge in [0, 0.05) is 17.5 Å². The lowest BCUT2D eigenvalue weighted by molar-refractivity contribution is -0.119. The van der Waals surface area contributed by atoms with Gasteiger partial charge in [-0.2, -0.15) is 0 Å². The lowest BCUT2D eigenvalue weighted by Crippen LogP contribution is -2.22. The molecule has 0 radical (unpaired) electrons. The van der Waals surface area contributed by atoms with Crippen LogP contribution in [0.25, 0.3) is 0 Å². The second-order valence-corrected chi connectivity index (χ2v) is 8.76. The molecule has 6 nitrogen and oxygen atoms in total. The molecule has 0 spiro atoms. The van der Waals surface area contributed by atoms with Crippen LogP contribution < -0.4 is 10.6 Å². The van der Waals surface area contributed by atoms with Crippen molar-refractivity contribution in [3.8, 4) is 0 Å². The fourth-order valence-corrected chi connectivity index (χ4v) is 4.88. The monoisotopic (exact) mass is 428 g/mol. The number of thiophene rings is 1. The number of anilines is 2. The van der Waals surface area contributed by atoms with E-state index in [0.717, 1.165) is 42.5 Å². The van der Waals surface area contributed by atoms with Crippen molar-refractivity contribution in [2.24, 2.45) is 0 Å². The van der Waals surface area contributed by atoms with Gasteiger partial charge in [0.2, 0.25) is 5.91 Å². The number of hydrogen-bond donors (Lipinski definition) is 2. The van der Waals surface area contributed by atoms with Crippen LogP contribution in [-0.4, -0.2) is 24.4 Å². The predicted molar refractivity (Wildman–Crippen MR) is 119 cm³/mol. The highest BCUT2D eigenvalue weighted by Crippen LogP contribution is 2.38. The molecule has 0 saturated carbocycles. The Labute approximate surface area is 181 Å². The Hall–Kier alpha value is -2.67.